The number of carbonyl (C=O) groups excluding carboxylic acids is 1. The molecule has 2 aromatic rings. The SMILES string of the molecule is CC(C)(C)c1ccc(NC(=O)CSCc2ccc([N+](=O)[O-])cc2)cc1. The third-order valence-electron chi connectivity index (χ3n) is 3.68. The Hall–Kier alpha value is -2.34. The van der Waals surface area contributed by atoms with Gasteiger partial charge in [-0.25, -0.2) is 0 Å². The van der Waals surface area contributed by atoms with E-state index in [1.54, 1.807) is 12.1 Å². The Labute approximate surface area is 152 Å². The van der Waals surface area contributed by atoms with Gasteiger partial charge < -0.3 is 5.32 Å². The Bertz CT molecular complexity index is 735. The van der Waals surface area contributed by atoms with Crippen LogP contribution in [0.25, 0.3) is 0 Å². The summed E-state index contributed by atoms with van der Waals surface area (Å²) in [7, 11) is 0. The number of hydrogen-bond acceptors (Lipinski definition) is 4. The third kappa shape index (κ3) is 5.90. The highest BCUT2D eigenvalue weighted by molar-refractivity contribution is 7.99. The zero-order chi connectivity index (χ0) is 18.4. The molecule has 0 aliphatic heterocycles. The van der Waals surface area contributed by atoms with Crippen molar-refractivity contribution in [1.82, 2.24) is 0 Å². The van der Waals surface area contributed by atoms with E-state index in [0.29, 0.717) is 11.5 Å². The van der Waals surface area contributed by atoms with Gasteiger partial charge in [-0.15, -0.1) is 11.8 Å². The number of amides is 1. The monoisotopic (exact) mass is 358 g/mol. The largest absolute Gasteiger partial charge is 0.325 e. The normalized spacial score (nSPS) is 11.2. The van der Waals surface area contributed by atoms with Crippen LogP contribution in [0, 0.1) is 10.1 Å². The molecule has 0 aliphatic carbocycles. The molecule has 1 N–H and O–H groups in total. The molecule has 5 nitrogen and oxygen atoms in total. The molecule has 0 fully saturated rings. The minimum Gasteiger partial charge on any atom is -0.325 e. The Kier molecular flexibility index (Phi) is 6.20. The summed E-state index contributed by atoms with van der Waals surface area (Å²) in [6.45, 7) is 6.44. The van der Waals surface area contributed by atoms with Crippen LogP contribution in [0.5, 0.6) is 0 Å². The lowest BCUT2D eigenvalue weighted by Crippen LogP contribution is -2.15. The van der Waals surface area contributed by atoms with Crippen LogP contribution < -0.4 is 5.32 Å². The number of thioether (sulfide) groups is 1. The molecule has 2 rings (SSSR count). The fourth-order valence-electron chi connectivity index (χ4n) is 2.23. The number of nitro groups is 1. The predicted molar refractivity (Wildman–Crippen MR) is 103 cm³/mol. The standard InChI is InChI=1S/C19H22N2O3S/c1-19(2,3)15-6-8-16(9-7-15)20-18(22)13-25-12-14-4-10-17(11-5-14)21(23)24/h4-11H,12-13H2,1-3H3,(H,20,22). The molecule has 2 aromatic carbocycles. The van der Waals surface area contributed by atoms with Gasteiger partial charge in [0.05, 0.1) is 10.7 Å². The van der Waals surface area contributed by atoms with Crippen LogP contribution in [-0.2, 0) is 16.0 Å². The van der Waals surface area contributed by atoms with Crippen molar-refractivity contribution >= 4 is 29.0 Å². The van der Waals surface area contributed by atoms with Gasteiger partial charge in [0.25, 0.3) is 5.69 Å². The number of carbonyl (C=O) groups is 1. The maximum atomic E-state index is 12.0. The molecule has 0 atom stereocenters. The Morgan fingerprint density at radius 2 is 1.68 bits per heavy atom. The number of rotatable bonds is 6. The van der Waals surface area contributed by atoms with E-state index in [-0.39, 0.29) is 17.0 Å². The maximum absolute atomic E-state index is 12.0. The van der Waals surface area contributed by atoms with Gasteiger partial charge in [-0.05, 0) is 28.7 Å². The smallest absolute Gasteiger partial charge is 0.269 e. The van der Waals surface area contributed by atoms with Gasteiger partial charge in [-0.3, -0.25) is 14.9 Å². The second-order valence-corrected chi connectivity index (χ2v) is 7.78. The Morgan fingerprint density at radius 1 is 1.08 bits per heavy atom. The zero-order valence-corrected chi connectivity index (χ0v) is 15.4. The van der Waals surface area contributed by atoms with E-state index in [1.165, 1.54) is 29.5 Å². The van der Waals surface area contributed by atoms with Crippen LogP contribution in [0.15, 0.2) is 48.5 Å². The molecule has 0 unspecified atom stereocenters. The van der Waals surface area contributed by atoms with Crippen LogP contribution in [0.1, 0.15) is 31.9 Å². The molecular weight excluding hydrogens is 336 g/mol. The average Bonchev–Trinajstić information content (AvgIpc) is 2.55. The van der Waals surface area contributed by atoms with Crippen molar-refractivity contribution < 1.29 is 9.72 Å². The van der Waals surface area contributed by atoms with E-state index in [1.807, 2.05) is 24.3 Å². The number of non-ortho nitro benzene ring substituents is 1. The highest BCUT2D eigenvalue weighted by Gasteiger charge is 2.13. The molecule has 1 amide bonds. The highest BCUT2D eigenvalue weighted by Crippen LogP contribution is 2.23. The highest BCUT2D eigenvalue weighted by atomic mass is 32.2. The molecule has 0 aromatic heterocycles. The van der Waals surface area contributed by atoms with Crippen molar-refractivity contribution in [3.8, 4) is 0 Å². The van der Waals surface area contributed by atoms with Gasteiger partial charge in [-0.2, -0.15) is 0 Å². The lowest BCUT2D eigenvalue weighted by atomic mass is 9.87. The van der Waals surface area contributed by atoms with Crippen LogP contribution in [0.4, 0.5) is 11.4 Å². The van der Waals surface area contributed by atoms with Crippen molar-refractivity contribution in [3.05, 3.63) is 69.8 Å². The topological polar surface area (TPSA) is 72.2 Å². The van der Waals surface area contributed by atoms with Gasteiger partial charge in [0, 0.05) is 23.6 Å². The fourth-order valence-corrected chi connectivity index (χ4v) is 3.01. The molecule has 0 radical (unpaired) electrons. The van der Waals surface area contributed by atoms with Crippen molar-refractivity contribution in [2.24, 2.45) is 0 Å². The van der Waals surface area contributed by atoms with Crippen LogP contribution in [-0.4, -0.2) is 16.6 Å². The number of benzene rings is 2. The van der Waals surface area contributed by atoms with Crippen LogP contribution in [0.3, 0.4) is 0 Å². The summed E-state index contributed by atoms with van der Waals surface area (Å²) in [5.41, 5.74) is 3.12. The molecular formula is C19H22N2O3S. The fraction of sp³-hybridized carbons (Fsp3) is 0.316. The van der Waals surface area contributed by atoms with Gasteiger partial charge in [0.2, 0.25) is 5.91 Å². The summed E-state index contributed by atoms with van der Waals surface area (Å²) >= 11 is 1.47. The lowest BCUT2D eigenvalue weighted by molar-refractivity contribution is -0.384. The number of nitrogens with zero attached hydrogens (tertiary/aromatic N) is 1. The molecule has 0 spiro atoms. The maximum Gasteiger partial charge on any atom is 0.269 e. The van der Waals surface area contributed by atoms with Gasteiger partial charge in [0.15, 0.2) is 0 Å². The number of anilines is 1. The van der Waals surface area contributed by atoms with Crippen molar-refractivity contribution in [1.29, 1.82) is 0 Å². The summed E-state index contributed by atoms with van der Waals surface area (Å²) in [4.78, 5) is 22.2. The zero-order valence-electron chi connectivity index (χ0n) is 14.6. The molecule has 0 saturated carbocycles. The summed E-state index contributed by atoms with van der Waals surface area (Å²) in [5, 5.41) is 13.5. The van der Waals surface area contributed by atoms with Crippen LogP contribution >= 0.6 is 11.8 Å². The molecule has 0 aliphatic rings. The molecule has 6 heteroatoms. The second-order valence-electron chi connectivity index (χ2n) is 6.79. The van der Waals surface area contributed by atoms with Crippen LogP contribution in [0.2, 0.25) is 0 Å². The molecule has 132 valence electrons. The van der Waals surface area contributed by atoms with E-state index in [2.05, 4.69) is 26.1 Å². The molecule has 0 heterocycles. The summed E-state index contributed by atoms with van der Waals surface area (Å²) in [5.74, 6) is 0.905. The number of nitrogens with one attached hydrogen (secondary N) is 1. The van der Waals surface area contributed by atoms with E-state index in [0.717, 1.165) is 11.3 Å². The van der Waals surface area contributed by atoms with Gasteiger partial charge in [0.1, 0.15) is 0 Å². The molecule has 25 heavy (non-hydrogen) atoms. The molecule has 0 saturated heterocycles. The molecule has 0 bridgehead atoms. The predicted octanol–water partition coefficient (Wildman–Crippen LogP) is 4.76. The third-order valence-corrected chi connectivity index (χ3v) is 4.69. The van der Waals surface area contributed by atoms with Gasteiger partial charge in [-0.1, -0.05) is 45.0 Å². The van der Waals surface area contributed by atoms with E-state index in [4.69, 9.17) is 0 Å². The van der Waals surface area contributed by atoms with E-state index < -0.39 is 4.92 Å². The number of hydrogen-bond donors (Lipinski definition) is 1. The first-order valence-corrected chi connectivity index (χ1v) is 9.12. The lowest BCUT2D eigenvalue weighted by Gasteiger charge is -2.19. The summed E-state index contributed by atoms with van der Waals surface area (Å²) < 4.78 is 0. The Balaban J connectivity index is 1.79. The minimum absolute atomic E-state index is 0.0598. The van der Waals surface area contributed by atoms with Crippen molar-refractivity contribution in [2.45, 2.75) is 31.9 Å². The first kappa shape index (κ1) is 19.0. The van der Waals surface area contributed by atoms with E-state index in [9.17, 15) is 14.9 Å². The number of nitro benzene ring substituents is 1. The summed E-state index contributed by atoms with van der Waals surface area (Å²) in [6, 6.07) is 14.3. The average molecular weight is 358 g/mol. The van der Waals surface area contributed by atoms with Crippen molar-refractivity contribution in [3.63, 3.8) is 0 Å². The first-order chi connectivity index (χ1) is 11.8. The Morgan fingerprint density at radius 3 is 2.20 bits per heavy atom. The van der Waals surface area contributed by atoms with Gasteiger partial charge >= 0.3 is 0 Å². The first-order valence-electron chi connectivity index (χ1n) is 7.97. The summed E-state index contributed by atoms with van der Waals surface area (Å²) in [6.07, 6.45) is 0. The minimum atomic E-state index is -0.421. The quantitative estimate of drug-likeness (QED) is 0.597. The van der Waals surface area contributed by atoms with Crippen molar-refractivity contribution in [2.75, 3.05) is 11.1 Å². The second kappa shape index (κ2) is 8.16. The van der Waals surface area contributed by atoms with E-state index >= 15 is 0 Å².